The molecule has 0 radical (unpaired) electrons. The smallest absolute Gasteiger partial charge is 0.265 e. The van der Waals surface area contributed by atoms with E-state index in [0.717, 1.165) is 64.7 Å². The molecule has 0 bridgehead atoms. The summed E-state index contributed by atoms with van der Waals surface area (Å²) >= 11 is 1.56. The predicted octanol–water partition coefficient (Wildman–Crippen LogP) is 3.28. The number of nitrogen functional groups attached to an aromatic ring is 1. The van der Waals surface area contributed by atoms with Crippen LogP contribution in [-0.2, 0) is 13.0 Å². The Bertz CT molecular complexity index is 1040. The fourth-order valence-electron chi connectivity index (χ4n) is 3.76. The van der Waals surface area contributed by atoms with Gasteiger partial charge in [-0.05, 0) is 31.9 Å². The van der Waals surface area contributed by atoms with E-state index in [0.29, 0.717) is 25.5 Å². The van der Waals surface area contributed by atoms with Crippen molar-refractivity contribution >= 4 is 34.0 Å². The SMILES string of the molecule is CCCCc1nc(C)c(C(=O)N2CCN(Cc3nc(N)c4ccccc4n3)CC2)s1. The standard InChI is InChI=1S/C22H28N6OS/c1-3-4-9-19-24-15(2)20(30-19)22(29)28-12-10-27(11-13-28)14-18-25-17-8-6-5-7-16(17)21(23)26-18/h5-8H,3-4,9-14H2,1-2H3,(H2,23,25,26). The quantitative estimate of drug-likeness (QED) is 0.653. The Morgan fingerprint density at radius 1 is 1.13 bits per heavy atom. The molecule has 0 saturated carbocycles. The number of hydrogen-bond donors (Lipinski definition) is 1. The molecular weight excluding hydrogens is 396 g/mol. The highest BCUT2D eigenvalue weighted by molar-refractivity contribution is 7.13. The van der Waals surface area contributed by atoms with Crippen LogP contribution in [0.15, 0.2) is 24.3 Å². The number of unbranched alkanes of at least 4 members (excludes halogenated alkanes) is 1. The second kappa shape index (κ2) is 9.06. The number of rotatable bonds is 6. The number of para-hydroxylation sites is 1. The molecule has 1 aromatic carbocycles. The summed E-state index contributed by atoms with van der Waals surface area (Å²) in [6, 6.07) is 7.79. The lowest BCUT2D eigenvalue weighted by atomic mass is 10.2. The van der Waals surface area contributed by atoms with Crippen molar-refractivity contribution in [2.24, 2.45) is 0 Å². The Kier molecular flexibility index (Phi) is 6.24. The minimum Gasteiger partial charge on any atom is -0.383 e. The Labute approximate surface area is 180 Å². The monoisotopic (exact) mass is 424 g/mol. The summed E-state index contributed by atoms with van der Waals surface area (Å²) in [4.78, 5) is 31.7. The highest BCUT2D eigenvalue weighted by atomic mass is 32.1. The Morgan fingerprint density at radius 2 is 1.90 bits per heavy atom. The van der Waals surface area contributed by atoms with Gasteiger partial charge in [0.15, 0.2) is 0 Å². The lowest BCUT2D eigenvalue weighted by Crippen LogP contribution is -2.48. The molecular formula is C22H28N6OS. The van der Waals surface area contributed by atoms with Crippen LogP contribution >= 0.6 is 11.3 Å². The number of amides is 1. The average molecular weight is 425 g/mol. The van der Waals surface area contributed by atoms with Gasteiger partial charge < -0.3 is 10.6 Å². The van der Waals surface area contributed by atoms with Crippen LogP contribution in [0, 0.1) is 6.92 Å². The van der Waals surface area contributed by atoms with Crippen LogP contribution in [0.5, 0.6) is 0 Å². The van der Waals surface area contributed by atoms with E-state index in [-0.39, 0.29) is 5.91 Å². The first kappa shape index (κ1) is 20.7. The number of aromatic nitrogens is 3. The number of fused-ring (bicyclic) bond motifs is 1. The van der Waals surface area contributed by atoms with E-state index in [9.17, 15) is 4.79 Å². The van der Waals surface area contributed by atoms with Gasteiger partial charge in [0.25, 0.3) is 5.91 Å². The number of hydrogen-bond acceptors (Lipinski definition) is 7. The zero-order chi connectivity index (χ0) is 21.1. The maximum atomic E-state index is 13.0. The van der Waals surface area contributed by atoms with Crippen molar-refractivity contribution in [3.8, 4) is 0 Å². The molecule has 30 heavy (non-hydrogen) atoms. The van der Waals surface area contributed by atoms with Gasteiger partial charge in [0.05, 0.1) is 22.8 Å². The molecule has 0 unspecified atom stereocenters. The van der Waals surface area contributed by atoms with Crippen molar-refractivity contribution in [2.45, 2.75) is 39.7 Å². The molecule has 8 heteroatoms. The van der Waals surface area contributed by atoms with Crippen molar-refractivity contribution in [1.82, 2.24) is 24.8 Å². The van der Waals surface area contributed by atoms with Gasteiger partial charge in [-0.15, -0.1) is 11.3 Å². The van der Waals surface area contributed by atoms with Gasteiger partial charge in [-0.25, -0.2) is 15.0 Å². The molecule has 0 aliphatic carbocycles. The summed E-state index contributed by atoms with van der Waals surface area (Å²) in [6.07, 6.45) is 3.20. The summed E-state index contributed by atoms with van der Waals surface area (Å²) < 4.78 is 0. The summed E-state index contributed by atoms with van der Waals surface area (Å²) in [5.41, 5.74) is 7.84. The maximum absolute atomic E-state index is 13.0. The molecule has 2 N–H and O–H groups in total. The van der Waals surface area contributed by atoms with Crippen LogP contribution in [0.4, 0.5) is 5.82 Å². The summed E-state index contributed by atoms with van der Waals surface area (Å²) in [6.45, 7) is 7.73. The van der Waals surface area contributed by atoms with Crippen LogP contribution in [-0.4, -0.2) is 56.8 Å². The number of nitrogens with two attached hydrogens (primary N) is 1. The van der Waals surface area contributed by atoms with E-state index < -0.39 is 0 Å². The Morgan fingerprint density at radius 3 is 2.67 bits per heavy atom. The van der Waals surface area contributed by atoms with Crippen molar-refractivity contribution in [2.75, 3.05) is 31.9 Å². The number of benzene rings is 1. The van der Waals surface area contributed by atoms with E-state index in [1.165, 1.54) is 0 Å². The maximum Gasteiger partial charge on any atom is 0.265 e. The molecule has 158 valence electrons. The minimum absolute atomic E-state index is 0.110. The number of anilines is 1. The minimum atomic E-state index is 0.110. The molecule has 1 saturated heterocycles. The van der Waals surface area contributed by atoms with Gasteiger partial charge in [-0.1, -0.05) is 25.5 Å². The Hall–Kier alpha value is -2.58. The first-order chi connectivity index (χ1) is 14.5. The van der Waals surface area contributed by atoms with Gasteiger partial charge >= 0.3 is 0 Å². The lowest BCUT2D eigenvalue weighted by Gasteiger charge is -2.34. The molecule has 3 heterocycles. The average Bonchev–Trinajstić information content (AvgIpc) is 3.13. The van der Waals surface area contributed by atoms with Crippen LogP contribution in [0.3, 0.4) is 0 Å². The van der Waals surface area contributed by atoms with Crippen molar-refractivity contribution < 1.29 is 4.79 Å². The van der Waals surface area contributed by atoms with E-state index in [1.54, 1.807) is 11.3 Å². The number of piperazine rings is 1. The second-order valence-electron chi connectivity index (χ2n) is 7.74. The number of thiazole rings is 1. The highest BCUT2D eigenvalue weighted by Crippen LogP contribution is 2.23. The molecule has 0 atom stereocenters. The second-order valence-corrected chi connectivity index (χ2v) is 8.82. The van der Waals surface area contributed by atoms with Gasteiger partial charge in [-0.3, -0.25) is 9.69 Å². The number of nitrogens with zero attached hydrogens (tertiary/aromatic N) is 5. The van der Waals surface area contributed by atoms with Gasteiger partial charge in [0.2, 0.25) is 0 Å². The summed E-state index contributed by atoms with van der Waals surface area (Å²) in [5, 5.41) is 1.96. The topological polar surface area (TPSA) is 88.2 Å². The summed E-state index contributed by atoms with van der Waals surface area (Å²) in [7, 11) is 0. The molecule has 4 rings (SSSR count). The normalized spacial score (nSPS) is 15.1. The zero-order valence-electron chi connectivity index (χ0n) is 17.6. The molecule has 2 aromatic heterocycles. The first-order valence-electron chi connectivity index (χ1n) is 10.5. The van der Waals surface area contributed by atoms with Gasteiger partial charge in [0.1, 0.15) is 16.5 Å². The van der Waals surface area contributed by atoms with Crippen LogP contribution in [0.1, 0.15) is 46.0 Å². The number of carbonyl (C=O) groups is 1. The molecule has 3 aromatic rings. The molecule has 1 aliphatic rings. The fourth-order valence-corrected chi connectivity index (χ4v) is 4.83. The number of carbonyl (C=O) groups excluding carboxylic acids is 1. The largest absolute Gasteiger partial charge is 0.383 e. The van der Waals surface area contributed by atoms with Crippen LogP contribution < -0.4 is 5.73 Å². The molecule has 1 fully saturated rings. The van der Waals surface area contributed by atoms with Crippen molar-refractivity contribution in [3.63, 3.8) is 0 Å². The van der Waals surface area contributed by atoms with E-state index >= 15 is 0 Å². The predicted molar refractivity (Wildman–Crippen MR) is 121 cm³/mol. The van der Waals surface area contributed by atoms with Crippen LogP contribution in [0.2, 0.25) is 0 Å². The fraction of sp³-hybridized carbons (Fsp3) is 0.455. The van der Waals surface area contributed by atoms with Crippen molar-refractivity contribution in [1.29, 1.82) is 0 Å². The van der Waals surface area contributed by atoms with E-state index in [2.05, 4.69) is 26.8 Å². The number of aryl methyl sites for hydroxylation is 2. The Balaban J connectivity index is 1.37. The van der Waals surface area contributed by atoms with Gasteiger partial charge in [0, 0.05) is 31.6 Å². The lowest BCUT2D eigenvalue weighted by molar-refractivity contribution is 0.0629. The van der Waals surface area contributed by atoms with E-state index in [1.807, 2.05) is 36.1 Å². The zero-order valence-corrected chi connectivity index (χ0v) is 18.4. The molecule has 1 aliphatic heterocycles. The third-order valence-corrected chi connectivity index (χ3v) is 6.69. The first-order valence-corrected chi connectivity index (χ1v) is 11.4. The summed E-state index contributed by atoms with van der Waals surface area (Å²) in [5.74, 6) is 1.35. The molecule has 1 amide bonds. The van der Waals surface area contributed by atoms with Gasteiger partial charge in [-0.2, -0.15) is 0 Å². The van der Waals surface area contributed by atoms with E-state index in [4.69, 9.17) is 5.73 Å². The third kappa shape index (κ3) is 4.44. The highest BCUT2D eigenvalue weighted by Gasteiger charge is 2.25. The molecule has 0 spiro atoms. The third-order valence-electron chi connectivity index (χ3n) is 5.48. The molecule has 7 nitrogen and oxygen atoms in total. The van der Waals surface area contributed by atoms with Crippen molar-refractivity contribution in [3.05, 3.63) is 45.7 Å². The van der Waals surface area contributed by atoms with Crippen LogP contribution in [0.25, 0.3) is 10.9 Å².